The van der Waals surface area contributed by atoms with Crippen molar-refractivity contribution < 1.29 is 14.3 Å². The molecule has 4 nitrogen and oxygen atoms in total. The van der Waals surface area contributed by atoms with Gasteiger partial charge in [0.1, 0.15) is 6.61 Å². The number of likely N-dealkylation sites (tertiary alicyclic amines) is 1. The second-order valence-electron chi connectivity index (χ2n) is 4.80. The largest absolute Gasteiger partial charge is 0.382 e. The van der Waals surface area contributed by atoms with Crippen LogP contribution in [-0.2, 0) is 14.3 Å². The number of nitrogens with zero attached hydrogens (tertiary/aromatic N) is 1. The van der Waals surface area contributed by atoms with Crippen LogP contribution in [0, 0.1) is 11.8 Å². The van der Waals surface area contributed by atoms with Gasteiger partial charge in [0.15, 0.2) is 0 Å². The summed E-state index contributed by atoms with van der Waals surface area (Å²) in [6, 6.07) is 0. The summed E-state index contributed by atoms with van der Waals surface area (Å²) in [5.41, 5.74) is 0. The van der Waals surface area contributed by atoms with Gasteiger partial charge in [-0.25, -0.2) is 0 Å². The lowest BCUT2D eigenvalue weighted by atomic mass is 10.0. The minimum absolute atomic E-state index is 0.144. The molecular formula is C12H21NO3. The monoisotopic (exact) mass is 227 g/mol. The first-order chi connectivity index (χ1) is 7.81. The van der Waals surface area contributed by atoms with Crippen molar-refractivity contribution in [2.24, 2.45) is 11.8 Å². The van der Waals surface area contributed by atoms with Crippen molar-refractivity contribution in [3.63, 3.8) is 0 Å². The number of amides is 1. The lowest BCUT2D eigenvalue weighted by Crippen LogP contribution is -2.33. The first-order valence-corrected chi connectivity index (χ1v) is 6.15. The van der Waals surface area contributed by atoms with Crippen LogP contribution in [0.15, 0.2) is 0 Å². The zero-order valence-electron chi connectivity index (χ0n) is 9.98. The molecule has 2 fully saturated rings. The van der Waals surface area contributed by atoms with E-state index in [4.69, 9.17) is 9.47 Å². The van der Waals surface area contributed by atoms with Crippen molar-refractivity contribution in [1.82, 2.24) is 4.90 Å². The van der Waals surface area contributed by atoms with Crippen molar-refractivity contribution >= 4 is 5.91 Å². The summed E-state index contributed by atoms with van der Waals surface area (Å²) >= 11 is 0. The zero-order valence-corrected chi connectivity index (χ0v) is 9.98. The molecule has 2 unspecified atom stereocenters. The van der Waals surface area contributed by atoms with Crippen LogP contribution in [0.2, 0.25) is 0 Å². The molecule has 0 bridgehead atoms. The van der Waals surface area contributed by atoms with E-state index < -0.39 is 0 Å². The van der Waals surface area contributed by atoms with E-state index >= 15 is 0 Å². The lowest BCUT2D eigenvalue weighted by Gasteiger charge is -2.17. The van der Waals surface area contributed by atoms with Crippen LogP contribution in [0.4, 0.5) is 0 Å². The van der Waals surface area contributed by atoms with Crippen LogP contribution in [0.1, 0.15) is 19.3 Å². The Morgan fingerprint density at radius 3 is 2.56 bits per heavy atom. The zero-order chi connectivity index (χ0) is 11.4. The van der Waals surface area contributed by atoms with Gasteiger partial charge in [0.25, 0.3) is 0 Å². The van der Waals surface area contributed by atoms with Crippen molar-refractivity contribution in [3.05, 3.63) is 0 Å². The molecule has 0 N–H and O–H groups in total. The van der Waals surface area contributed by atoms with Gasteiger partial charge in [0.2, 0.25) is 5.91 Å². The molecule has 4 heteroatoms. The first kappa shape index (κ1) is 11.9. The maximum atomic E-state index is 11.8. The summed E-state index contributed by atoms with van der Waals surface area (Å²) in [5.74, 6) is 1.68. The predicted octanol–water partition coefficient (Wildman–Crippen LogP) is 0.908. The molecule has 1 amide bonds. The molecule has 16 heavy (non-hydrogen) atoms. The number of carbonyl (C=O) groups is 1. The maximum absolute atomic E-state index is 11.8. The molecule has 0 aromatic carbocycles. The molecule has 92 valence electrons. The third-order valence-corrected chi connectivity index (χ3v) is 3.74. The van der Waals surface area contributed by atoms with Crippen LogP contribution >= 0.6 is 0 Å². The topological polar surface area (TPSA) is 38.8 Å². The van der Waals surface area contributed by atoms with E-state index in [1.54, 1.807) is 7.11 Å². The highest BCUT2D eigenvalue weighted by Gasteiger charge is 2.37. The van der Waals surface area contributed by atoms with E-state index in [0.29, 0.717) is 13.2 Å². The van der Waals surface area contributed by atoms with Gasteiger partial charge in [-0.2, -0.15) is 0 Å². The van der Waals surface area contributed by atoms with Crippen LogP contribution in [0.5, 0.6) is 0 Å². The van der Waals surface area contributed by atoms with Gasteiger partial charge in [-0.1, -0.05) is 6.42 Å². The van der Waals surface area contributed by atoms with E-state index in [1.165, 1.54) is 19.3 Å². The molecule has 2 aliphatic rings. The average molecular weight is 227 g/mol. The Morgan fingerprint density at radius 1 is 1.25 bits per heavy atom. The number of rotatable bonds is 5. The van der Waals surface area contributed by atoms with Crippen LogP contribution in [0.3, 0.4) is 0 Å². The predicted molar refractivity (Wildman–Crippen MR) is 60.1 cm³/mol. The van der Waals surface area contributed by atoms with E-state index in [0.717, 1.165) is 24.9 Å². The summed E-state index contributed by atoms with van der Waals surface area (Å²) in [4.78, 5) is 13.8. The summed E-state index contributed by atoms with van der Waals surface area (Å²) in [5, 5.41) is 0. The second-order valence-corrected chi connectivity index (χ2v) is 4.80. The fourth-order valence-electron chi connectivity index (χ4n) is 2.83. The highest BCUT2D eigenvalue weighted by molar-refractivity contribution is 5.77. The number of ether oxygens (including phenoxy) is 2. The molecule has 0 radical (unpaired) electrons. The van der Waals surface area contributed by atoms with E-state index in [1.807, 2.05) is 4.90 Å². The van der Waals surface area contributed by atoms with Gasteiger partial charge >= 0.3 is 0 Å². The Kier molecular flexibility index (Phi) is 4.18. The van der Waals surface area contributed by atoms with E-state index in [2.05, 4.69) is 0 Å². The molecule has 0 aromatic rings. The normalized spacial score (nSPS) is 28.4. The molecule has 2 rings (SSSR count). The van der Waals surface area contributed by atoms with Crippen molar-refractivity contribution in [3.8, 4) is 0 Å². The Labute approximate surface area is 96.9 Å². The highest BCUT2D eigenvalue weighted by atomic mass is 16.5. The molecule has 1 heterocycles. The molecular weight excluding hydrogens is 206 g/mol. The fraction of sp³-hybridized carbons (Fsp3) is 0.917. The quantitative estimate of drug-likeness (QED) is 0.655. The van der Waals surface area contributed by atoms with Crippen LogP contribution < -0.4 is 0 Å². The highest BCUT2D eigenvalue weighted by Crippen LogP contribution is 2.37. The van der Waals surface area contributed by atoms with E-state index in [-0.39, 0.29) is 12.5 Å². The molecule has 2 atom stereocenters. The Balaban J connectivity index is 1.66. The van der Waals surface area contributed by atoms with E-state index in [9.17, 15) is 4.79 Å². The summed E-state index contributed by atoms with van der Waals surface area (Å²) in [7, 11) is 1.63. The van der Waals surface area contributed by atoms with Gasteiger partial charge < -0.3 is 14.4 Å². The number of carbonyl (C=O) groups excluding carboxylic acids is 1. The number of methoxy groups -OCH3 is 1. The third kappa shape index (κ3) is 2.74. The lowest BCUT2D eigenvalue weighted by molar-refractivity contribution is -0.135. The van der Waals surface area contributed by atoms with Gasteiger partial charge in [-0.3, -0.25) is 4.79 Å². The number of fused-ring (bicyclic) bond motifs is 1. The summed E-state index contributed by atoms with van der Waals surface area (Å²) in [6.07, 6.45) is 3.96. The Hall–Kier alpha value is -0.610. The standard InChI is InChI=1S/C12H21NO3/c1-15-5-6-16-9-12(14)13-7-10-3-2-4-11(10)8-13/h10-11H,2-9H2,1H3. The Morgan fingerprint density at radius 2 is 1.94 bits per heavy atom. The summed E-state index contributed by atoms with van der Waals surface area (Å²) in [6.45, 7) is 3.18. The molecule has 0 spiro atoms. The van der Waals surface area contributed by atoms with Crippen molar-refractivity contribution in [2.75, 3.05) is 40.0 Å². The average Bonchev–Trinajstić information content (AvgIpc) is 2.83. The SMILES string of the molecule is COCCOCC(=O)N1CC2CCCC2C1. The molecule has 1 aliphatic carbocycles. The molecule has 1 saturated carbocycles. The smallest absolute Gasteiger partial charge is 0.248 e. The molecule has 1 saturated heterocycles. The molecule has 0 aromatic heterocycles. The van der Waals surface area contributed by atoms with Crippen molar-refractivity contribution in [1.29, 1.82) is 0 Å². The number of hydrogen-bond donors (Lipinski definition) is 0. The first-order valence-electron chi connectivity index (χ1n) is 6.15. The third-order valence-electron chi connectivity index (χ3n) is 3.74. The van der Waals surface area contributed by atoms with Crippen molar-refractivity contribution in [2.45, 2.75) is 19.3 Å². The van der Waals surface area contributed by atoms with Gasteiger partial charge in [0, 0.05) is 20.2 Å². The fourth-order valence-corrected chi connectivity index (χ4v) is 2.83. The van der Waals surface area contributed by atoms with Crippen LogP contribution in [0.25, 0.3) is 0 Å². The minimum atomic E-state index is 0.144. The van der Waals surface area contributed by atoms with Gasteiger partial charge in [-0.15, -0.1) is 0 Å². The number of hydrogen-bond acceptors (Lipinski definition) is 3. The maximum Gasteiger partial charge on any atom is 0.248 e. The van der Waals surface area contributed by atoms with Crippen LogP contribution in [-0.4, -0.2) is 50.8 Å². The van der Waals surface area contributed by atoms with Gasteiger partial charge in [0.05, 0.1) is 13.2 Å². The molecule has 1 aliphatic heterocycles. The minimum Gasteiger partial charge on any atom is -0.382 e. The van der Waals surface area contributed by atoms with Gasteiger partial charge in [-0.05, 0) is 24.7 Å². The summed E-state index contributed by atoms with van der Waals surface area (Å²) < 4.78 is 10.1. The Bertz CT molecular complexity index is 232. The second kappa shape index (κ2) is 5.64.